The number of carbonyl (C=O) groups excluding carboxylic acids is 1. The molecule has 1 saturated carbocycles. The van der Waals surface area contributed by atoms with Crippen LogP contribution in [0.5, 0.6) is 0 Å². The summed E-state index contributed by atoms with van der Waals surface area (Å²) in [7, 11) is 1.91. The fourth-order valence-electron chi connectivity index (χ4n) is 1.89. The van der Waals surface area contributed by atoms with Crippen LogP contribution in [-0.2, 0) is 9.53 Å². The van der Waals surface area contributed by atoms with Gasteiger partial charge in [-0.1, -0.05) is 0 Å². The Morgan fingerprint density at radius 3 is 3.00 bits per heavy atom. The fourth-order valence-corrected chi connectivity index (χ4v) is 1.89. The van der Waals surface area contributed by atoms with Crippen LogP contribution in [0.4, 0.5) is 0 Å². The molecule has 0 aromatic carbocycles. The van der Waals surface area contributed by atoms with E-state index in [9.17, 15) is 4.79 Å². The Balaban J connectivity index is 2.00. The maximum Gasteiger partial charge on any atom is 0.249 e. The molecule has 1 heterocycles. The van der Waals surface area contributed by atoms with E-state index in [-0.39, 0.29) is 18.6 Å². The number of ether oxygens (including phenoxy) is 1. The van der Waals surface area contributed by atoms with Gasteiger partial charge in [0.15, 0.2) is 0 Å². The Kier molecular flexibility index (Phi) is 2.51. The van der Waals surface area contributed by atoms with Gasteiger partial charge in [0.05, 0.1) is 12.6 Å². The molecule has 0 bridgehead atoms. The summed E-state index contributed by atoms with van der Waals surface area (Å²) in [5.41, 5.74) is 0. The molecule has 1 amide bonds. The number of nitrogens with zero attached hydrogens (tertiary/aromatic N) is 1. The van der Waals surface area contributed by atoms with E-state index >= 15 is 0 Å². The molecule has 0 aromatic rings. The quantitative estimate of drug-likeness (QED) is 0.648. The maximum atomic E-state index is 11.5. The monoisotopic (exact) mass is 184 g/mol. The Hall–Kier alpha value is -0.610. The zero-order valence-electron chi connectivity index (χ0n) is 7.95. The molecule has 0 aromatic heterocycles. The Labute approximate surface area is 78.2 Å². The van der Waals surface area contributed by atoms with Crippen molar-refractivity contribution >= 4 is 5.91 Å². The SMILES string of the molecule is CNCC1COCC(=O)N1C1CC1. The highest BCUT2D eigenvalue weighted by Gasteiger charge is 2.39. The number of hydrogen-bond donors (Lipinski definition) is 1. The van der Waals surface area contributed by atoms with E-state index in [1.807, 2.05) is 11.9 Å². The first-order valence-electron chi connectivity index (χ1n) is 4.86. The van der Waals surface area contributed by atoms with Crippen LogP contribution in [0.2, 0.25) is 0 Å². The van der Waals surface area contributed by atoms with Gasteiger partial charge in [-0.05, 0) is 19.9 Å². The van der Waals surface area contributed by atoms with Gasteiger partial charge in [-0.25, -0.2) is 0 Å². The van der Waals surface area contributed by atoms with Crippen molar-refractivity contribution in [1.29, 1.82) is 0 Å². The maximum absolute atomic E-state index is 11.5. The molecule has 1 unspecified atom stereocenters. The molecule has 2 rings (SSSR count). The molecule has 0 spiro atoms. The zero-order chi connectivity index (χ0) is 9.26. The second kappa shape index (κ2) is 3.64. The molecule has 1 N–H and O–H groups in total. The molecular formula is C9H16N2O2. The lowest BCUT2D eigenvalue weighted by molar-refractivity contribution is -0.148. The first kappa shape index (κ1) is 8.97. The molecular weight excluding hydrogens is 168 g/mol. The van der Waals surface area contributed by atoms with Gasteiger partial charge in [0, 0.05) is 12.6 Å². The predicted molar refractivity (Wildman–Crippen MR) is 48.4 cm³/mol. The van der Waals surface area contributed by atoms with Crippen molar-refractivity contribution in [1.82, 2.24) is 10.2 Å². The third-order valence-electron chi connectivity index (χ3n) is 2.60. The number of rotatable bonds is 3. The van der Waals surface area contributed by atoms with Gasteiger partial charge < -0.3 is 15.0 Å². The minimum absolute atomic E-state index is 0.161. The van der Waals surface area contributed by atoms with Gasteiger partial charge in [-0.15, -0.1) is 0 Å². The van der Waals surface area contributed by atoms with Crippen LogP contribution in [-0.4, -0.2) is 49.7 Å². The highest BCUT2D eigenvalue weighted by Crippen LogP contribution is 2.30. The van der Waals surface area contributed by atoms with Crippen LogP contribution >= 0.6 is 0 Å². The van der Waals surface area contributed by atoms with E-state index in [1.54, 1.807) is 0 Å². The summed E-state index contributed by atoms with van der Waals surface area (Å²) in [6, 6.07) is 0.758. The summed E-state index contributed by atoms with van der Waals surface area (Å²) >= 11 is 0. The molecule has 1 aliphatic carbocycles. The fraction of sp³-hybridized carbons (Fsp3) is 0.889. The van der Waals surface area contributed by atoms with Crippen molar-refractivity contribution in [3.63, 3.8) is 0 Å². The molecule has 2 fully saturated rings. The van der Waals surface area contributed by atoms with Gasteiger partial charge in [0.1, 0.15) is 6.61 Å². The molecule has 1 atom stereocenters. The largest absolute Gasteiger partial charge is 0.369 e. The minimum Gasteiger partial charge on any atom is -0.369 e. The van der Waals surface area contributed by atoms with Crippen molar-refractivity contribution < 1.29 is 9.53 Å². The van der Waals surface area contributed by atoms with E-state index in [0.717, 1.165) is 6.54 Å². The molecule has 0 radical (unpaired) electrons. The van der Waals surface area contributed by atoms with Crippen LogP contribution in [0.3, 0.4) is 0 Å². The second-order valence-electron chi connectivity index (χ2n) is 3.76. The molecule has 1 saturated heterocycles. The number of hydrogen-bond acceptors (Lipinski definition) is 3. The molecule has 4 nitrogen and oxygen atoms in total. The lowest BCUT2D eigenvalue weighted by atomic mass is 10.2. The van der Waals surface area contributed by atoms with Crippen molar-refractivity contribution in [3.05, 3.63) is 0 Å². The van der Waals surface area contributed by atoms with E-state index in [0.29, 0.717) is 12.6 Å². The number of carbonyl (C=O) groups is 1. The van der Waals surface area contributed by atoms with Crippen molar-refractivity contribution in [3.8, 4) is 0 Å². The van der Waals surface area contributed by atoms with Crippen LogP contribution in [0.15, 0.2) is 0 Å². The third-order valence-corrected chi connectivity index (χ3v) is 2.60. The molecule has 2 aliphatic rings. The number of amides is 1. The third kappa shape index (κ3) is 1.84. The van der Waals surface area contributed by atoms with Crippen LogP contribution < -0.4 is 5.32 Å². The average molecular weight is 184 g/mol. The Bertz CT molecular complexity index is 202. The van der Waals surface area contributed by atoms with Crippen molar-refractivity contribution in [2.24, 2.45) is 0 Å². The topological polar surface area (TPSA) is 41.6 Å². The lowest BCUT2D eigenvalue weighted by Gasteiger charge is -2.35. The summed E-state index contributed by atoms with van der Waals surface area (Å²) in [6.07, 6.45) is 2.35. The van der Waals surface area contributed by atoms with Crippen molar-refractivity contribution in [2.75, 3.05) is 26.8 Å². The van der Waals surface area contributed by atoms with E-state index in [4.69, 9.17) is 4.74 Å². The van der Waals surface area contributed by atoms with Gasteiger partial charge >= 0.3 is 0 Å². The highest BCUT2D eigenvalue weighted by molar-refractivity contribution is 5.79. The van der Waals surface area contributed by atoms with Gasteiger partial charge in [-0.3, -0.25) is 4.79 Å². The van der Waals surface area contributed by atoms with Crippen LogP contribution in [0, 0.1) is 0 Å². The molecule has 74 valence electrons. The second-order valence-corrected chi connectivity index (χ2v) is 3.76. The van der Waals surface area contributed by atoms with Crippen molar-refractivity contribution in [2.45, 2.75) is 24.9 Å². The Morgan fingerprint density at radius 1 is 1.62 bits per heavy atom. The molecule has 13 heavy (non-hydrogen) atoms. The zero-order valence-corrected chi connectivity index (χ0v) is 7.95. The van der Waals surface area contributed by atoms with Gasteiger partial charge in [-0.2, -0.15) is 0 Å². The van der Waals surface area contributed by atoms with E-state index in [2.05, 4.69) is 5.32 Å². The summed E-state index contributed by atoms with van der Waals surface area (Å²) in [5.74, 6) is 0.161. The Morgan fingerprint density at radius 2 is 2.38 bits per heavy atom. The van der Waals surface area contributed by atoms with Crippen LogP contribution in [0.25, 0.3) is 0 Å². The summed E-state index contributed by atoms with van der Waals surface area (Å²) < 4.78 is 5.22. The smallest absolute Gasteiger partial charge is 0.249 e. The van der Waals surface area contributed by atoms with Gasteiger partial charge in [0.2, 0.25) is 5.91 Å². The number of nitrogens with one attached hydrogen (secondary N) is 1. The lowest BCUT2D eigenvalue weighted by Crippen LogP contribution is -2.54. The summed E-state index contributed by atoms with van der Waals surface area (Å²) in [6.45, 7) is 1.79. The average Bonchev–Trinajstić information content (AvgIpc) is 2.88. The predicted octanol–water partition coefficient (Wildman–Crippen LogP) is -0.404. The van der Waals surface area contributed by atoms with E-state index < -0.39 is 0 Å². The summed E-state index contributed by atoms with van der Waals surface area (Å²) in [5, 5.41) is 3.10. The molecule has 1 aliphatic heterocycles. The minimum atomic E-state index is 0.161. The normalized spacial score (nSPS) is 29.5. The molecule has 4 heteroatoms. The standard InChI is InChI=1S/C9H16N2O2/c1-10-4-8-5-13-6-9(12)11(8)7-2-3-7/h7-8,10H,2-6H2,1H3. The van der Waals surface area contributed by atoms with Gasteiger partial charge in [0.25, 0.3) is 0 Å². The number of morpholine rings is 1. The first-order chi connectivity index (χ1) is 6.33. The van der Waals surface area contributed by atoms with E-state index in [1.165, 1.54) is 12.8 Å². The number of likely N-dealkylation sites (N-methyl/N-ethyl adjacent to an activating group) is 1. The van der Waals surface area contributed by atoms with Crippen LogP contribution in [0.1, 0.15) is 12.8 Å². The summed E-state index contributed by atoms with van der Waals surface area (Å²) in [4.78, 5) is 13.5. The highest BCUT2D eigenvalue weighted by atomic mass is 16.5. The first-order valence-corrected chi connectivity index (χ1v) is 4.86.